The molecule has 0 bridgehead atoms. The molecule has 6 nitrogen and oxygen atoms in total. The predicted octanol–water partition coefficient (Wildman–Crippen LogP) is 2.24. The normalized spacial score (nSPS) is 29.9. The van der Waals surface area contributed by atoms with Crippen LogP contribution in [0, 0.1) is 10.8 Å². The van der Waals surface area contributed by atoms with Gasteiger partial charge in [-0.15, -0.1) is 4.91 Å². The third-order valence-electron chi connectivity index (χ3n) is 3.42. The summed E-state index contributed by atoms with van der Waals surface area (Å²) in [5, 5.41) is 9.34. The second kappa shape index (κ2) is 5.59. The van der Waals surface area contributed by atoms with Crippen LogP contribution in [0.25, 0.3) is 0 Å². The number of hydrogen-bond donors (Lipinski definition) is 1. The van der Waals surface area contributed by atoms with E-state index in [0.717, 1.165) is 24.8 Å². The van der Waals surface area contributed by atoms with E-state index < -0.39 is 16.5 Å². The number of rotatable bonds is 4. The number of amides is 2. The van der Waals surface area contributed by atoms with Crippen molar-refractivity contribution in [2.45, 2.75) is 32.7 Å². The maximum atomic E-state index is 12.3. The molecule has 3 atom stereocenters. The standard InChI is InChI=1S/C10H16N2O4S/c1-7(6-17-11-16)9(13)12(10(14)15)5-3-4-8(12)2/h7-8H,3-6H2,1-2H3/p+1/t7?,8?,12-/m0/s1. The van der Waals surface area contributed by atoms with Crippen molar-refractivity contribution in [3.8, 4) is 0 Å². The van der Waals surface area contributed by atoms with Crippen LogP contribution in [-0.4, -0.2) is 39.9 Å². The molecule has 0 aromatic rings. The van der Waals surface area contributed by atoms with Crippen molar-refractivity contribution in [3.63, 3.8) is 0 Å². The molecule has 1 rings (SSSR count). The van der Waals surface area contributed by atoms with Crippen molar-refractivity contribution < 1.29 is 19.2 Å². The number of carbonyl (C=O) groups excluding carboxylic acids is 1. The minimum atomic E-state index is -1.09. The molecule has 7 heteroatoms. The van der Waals surface area contributed by atoms with E-state index in [9.17, 15) is 19.6 Å². The summed E-state index contributed by atoms with van der Waals surface area (Å²) in [5.74, 6) is -0.560. The Bertz CT molecular complexity index is 336. The monoisotopic (exact) mass is 261 g/mol. The summed E-state index contributed by atoms with van der Waals surface area (Å²) in [7, 11) is 0. The Morgan fingerprint density at radius 3 is 2.65 bits per heavy atom. The second-order valence-electron chi connectivity index (χ2n) is 4.48. The van der Waals surface area contributed by atoms with Gasteiger partial charge in [0.15, 0.2) is 0 Å². The topological polar surface area (TPSA) is 83.8 Å². The number of hydrogen-bond acceptors (Lipinski definition) is 5. The number of imide groups is 1. The predicted molar refractivity (Wildman–Crippen MR) is 64.3 cm³/mol. The number of quaternary nitrogens is 1. The summed E-state index contributed by atoms with van der Waals surface area (Å²) in [5.41, 5.74) is 0. The van der Waals surface area contributed by atoms with Crippen LogP contribution in [0.15, 0.2) is 4.58 Å². The Morgan fingerprint density at radius 1 is 1.59 bits per heavy atom. The zero-order chi connectivity index (χ0) is 13.1. The first-order chi connectivity index (χ1) is 7.96. The molecule has 1 aliphatic rings. The van der Waals surface area contributed by atoms with Crippen molar-refractivity contribution >= 4 is 23.9 Å². The first kappa shape index (κ1) is 14.1. The summed E-state index contributed by atoms with van der Waals surface area (Å²) in [6, 6.07) is -0.198. The van der Waals surface area contributed by atoms with Crippen LogP contribution in [0.2, 0.25) is 0 Å². The van der Waals surface area contributed by atoms with Gasteiger partial charge in [0.25, 0.3) is 0 Å². The third-order valence-corrected chi connectivity index (χ3v) is 4.17. The molecular weight excluding hydrogens is 244 g/mol. The van der Waals surface area contributed by atoms with Gasteiger partial charge in [-0.1, -0.05) is 0 Å². The summed E-state index contributed by atoms with van der Waals surface area (Å²) < 4.78 is 2.13. The Hall–Kier alpha value is -0.950. The molecule has 2 amide bonds. The van der Waals surface area contributed by atoms with E-state index in [2.05, 4.69) is 4.58 Å². The van der Waals surface area contributed by atoms with Crippen molar-refractivity contribution in [2.75, 3.05) is 12.3 Å². The van der Waals surface area contributed by atoms with Crippen LogP contribution >= 0.6 is 11.9 Å². The largest absolute Gasteiger partial charge is 0.521 e. The lowest BCUT2D eigenvalue weighted by atomic mass is 10.1. The van der Waals surface area contributed by atoms with Crippen LogP contribution < -0.4 is 0 Å². The minimum absolute atomic E-state index is 0.198. The number of nitroso groups, excluding NO2 is 1. The smallest absolute Gasteiger partial charge is 0.435 e. The van der Waals surface area contributed by atoms with Gasteiger partial charge in [-0.3, -0.25) is 0 Å². The summed E-state index contributed by atoms with van der Waals surface area (Å²) in [6.45, 7) is 3.78. The molecule has 1 saturated heterocycles. The maximum Gasteiger partial charge on any atom is 0.521 e. The first-order valence-corrected chi connectivity index (χ1v) is 6.51. The number of carbonyl (C=O) groups is 2. The van der Waals surface area contributed by atoms with Gasteiger partial charge in [-0.2, -0.15) is 9.28 Å². The summed E-state index contributed by atoms with van der Waals surface area (Å²) in [4.78, 5) is 33.7. The Kier molecular flexibility index (Phi) is 4.64. The molecule has 0 spiro atoms. The van der Waals surface area contributed by atoms with Gasteiger partial charge in [0.2, 0.25) is 0 Å². The molecule has 0 aromatic carbocycles. The lowest BCUT2D eigenvalue weighted by Gasteiger charge is -2.31. The fourth-order valence-electron chi connectivity index (χ4n) is 2.39. The molecular formula is C10H17N2O4S+. The van der Waals surface area contributed by atoms with E-state index in [1.54, 1.807) is 13.8 Å². The van der Waals surface area contributed by atoms with Gasteiger partial charge in [0.1, 0.15) is 6.04 Å². The fourth-order valence-corrected chi connectivity index (χ4v) is 2.82. The number of nitrogens with zero attached hydrogens (tertiary/aromatic N) is 2. The quantitative estimate of drug-likeness (QED) is 0.476. The van der Waals surface area contributed by atoms with Crippen molar-refractivity contribution in [2.24, 2.45) is 10.5 Å². The zero-order valence-corrected chi connectivity index (χ0v) is 10.8. The summed E-state index contributed by atoms with van der Waals surface area (Å²) >= 11 is 0.761. The van der Waals surface area contributed by atoms with Gasteiger partial charge < -0.3 is 5.11 Å². The molecule has 0 saturated carbocycles. The fraction of sp³-hybridized carbons (Fsp3) is 0.800. The van der Waals surface area contributed by atoms with Gasteiger partial charge in [-0.25, -0.2) is 4.79 Å². The van der Waals surface area contributed by atoms with E-state index in [0.29, 0.717) is 6.54 Å². The Labute approximate surface area is 104 Å². The molecule has 1 N–H and O–H groups in total. The average molecular weight is 261 g/mol. The van der Waals surface area contributed by atoms with Gasteiger partial charge >= 0.3 is 12.0 Å². The van der Waals surface area contributed by atoms with Crippen LogP contribution in [0.5, 0.6) is 0 Å². The minimum Gasteiger partial charge on any atom is -0.435 e. The van der Waals surface area contributed by atoms with Gasteiger partial charge in [0.05, 0.1) is 12.5 Å². The van der Waals surface area contributed by atoms with Crippen LogP contribution in [0.1, 0.15) is 26.7 Å². The molecule has 0 radical (unpaired) electrons. The summed E-state index contributed by atoms with van der Waals surface area (Å²) in [6.07, 6.45) is 0.394. The Balaban J connectivity index is 2.88. The molecule has 17 heavy (non-hydrogen) atoms. The van der Waals surface area contributed by atoms with Crippen molar-refractivity contribution in [3.05, 3.63) is 4.91 Å². The molecule has 1 heterocycles. The molecule has 1 aliphatic heterocycles. The van der Waals surface area contributed by atoms with Gasteiger partial charge in [0, 0.05) is 35.1 Å². The van der Waals surface area contributed by atoms with Crippen LogP contribution in [-0.2, 0) is 4.79 Å². The number of carboxylic acid groups (broad SMARTS) is 1. The molecule has 0 aromatic heterocycles. The SMILES string of the molecule is CC(CSN=O)C(=O)[N@+]1(C(=O)O)CCCC1C. The molecule has 2 unspecified atom stereocenters. The first-order valence-electron chi connectivity index (χ1n) is 5.57. The van der Waals surface area contributed by atoms with E-state index in [-0.39, 0.29) is 17.7 Å². The zero-order valence-electron chi connectivity index (χ0n) is 9.96. The maximum absolute atomic E-state index is 12.3. The highest BCUT2D eigenvalue weighted by molar-refractivity contribution is 7.97. The molecule has 96 valence electrons. The van der Waals surface area contributed by atoms with E-state index >= 15 is 0 Å². The lowest BCUT2D eigenvalue weighted by Crippen LogP contribution is -2.60. The lowest BCUT2D eigenvalue weighted by molar-refractivity contribution is -0.793. The average Bonchev–Trinajstić information content (AvgIpc) is 2.67. The molecule has 0 aliphatic carbocycles. The van der Waals surface area contributed by atoms with Crippen molar-refractivity contribution in [1.29, 1.82) is 0 Å². The highest BCUT2D eigenvalue weighted by Crippen LogP contribution is 2.30. The Morgan fingerprint density at radius 2 is 2.24 bits per heavy atom. The second-order valence-corrected chi connectivity index (χ2v) is 5.22. The van der Waals surface area contributed by atoms with E-state index in [1.807, 2.05) is 0 Å². The number of likely N-dealkylation sites (tertiary alicyclic amines) is 1. The van der Waals surface area contributed by atoms with Crippen LogP contribution in [0.4, 0.5) is 4.79 Å². The van der Waals surface area contributed by atoms with E-state index in [4.69, 9.17) is 0 Å². The molecule has 1 fully saturated rings. The van der Waals surface area contributed by atoms with Crippen molar-refractivity contribution in [1.82, 2.24) is 0 Å². The third kappa shape index (κ3) is 2.50. The highest BCUT2D eigenvalue weighted by atomic mass is 32.2. The van der Waals surface area contributed by atoms with Gasteiger partial charge in [-0.05, 0) is 13.8 Å². The van der Waals surface area contributed by atoms with E-state index in [1.165, 1.54) is 0 Å². The van der Waals surface area contributed by atoms with Crippen LogP contribution in [0.3, 0.4) is 0 Å². The highest BCUT2D eigenvalue weighted by Gasteiger charge is 2.54.